The van der Waals surface area contributed by atoms with Gasteiger partial charge in [-0.1, -0.05) is 24.3 Å². The Morgan fingerprint density at radius 2 is 1.80 bits per heavy atom. The van der Waals surface area contributed by atoms with Crippen LogP contribution >= 0.6 is 0 Å². The zero-order valence-corrected chi connectivity index (χ0v) is 17.8. The van der Waals surface area contributed by atoms with Gasteiger partial charge in [-0.15, -0.1) is 0 Å². The number of nitrogens with zero attached hydrogens (tertiary/aromatic N) is 3. The first kappa shape index (κ1) is 21.2. The molecule has 1 heterocycles. The van der Waals surface area contributed by atoms with Gasteiger partial charge in [-0.05, 0) is 48.7 Å². The Morgan fingerprint density at radius 3 is 2.53 bits per heavy atom. The van der Waals surface area contributed by atoms with Crippen LogP contribution in [0.3, 0.4) is 0 Å². The molecule has 0 spiro atoms. The van der Waals surface area contributed by atoms with Crippen LogP contribution in [0.5, 0.6) is 11.5 Å². The maximum atomic E-state index is 5.37. The summed E-state index contributed by atoms with van der Waals surface area (Å²) in [5.41, 5.74) is 3.28. The summed E-state index contributed by atoms with van der Waals surface area (Å²) in [5.74, 6) is 2.20. The SMILES string of the molecule is CCNC(=NCc1ccc(OC)c(OC)c1)NCCc1cnn(-c2ccccc2)c1. The van der Waals surface area contributed by atoms with Crippen LogP contribution in [-0.4, -0.2) is 43.0 Å². The van der Waals surface area contributed by atoms with Crippen molar-refractivity contribution in [3.63, 3.8) is 0 Å². The summed E-state index contributed by atoms with van der Waals surface area (Å²) in [5, 5.41) is 11.1. The lowest BCUT2D eigenvalue weighted by Crippen LogP contribution is -2.38. The fourth-order valence-electron chi connectivity index (χ4n) is 3.03. The fourth-order valence-corrected chi connectivity index (χ4v) is 3.03. The minimum absolute atomic E-state index is 0.543. The van der Waals surface area contributed by atoms with E-state index in [9.17, 15) is 0 Å². The van der Waals surface area contributed by atoms with Crippen LogP contribution < -0.4 is 20.1 Å². The van der Waals surface area contributed by atoms with Crippen molar-refractivity contribution < 1.29 is 9.47 Å². The van der Waals surface area contributed by atoms with Gasteiger partial charge in [-0.3, -0.25) is 0 Å². The molecule has 3 aromatic rings. The Morgan fingerprint density at radius 1 is 1.00 bits per heavy atom. The van der Waals surface area contributed by atoms with Crippen LogP contribution in [-0.2, 0) is 13.0 Å². The maximum Gasteiger partial charge on any atom is 0.191 e. The van der Waals surface area contributed by atoms with Crippen molar-refractivity contribution in [3.8, 4) is 17.2 Å². The van der Waals surface area contributed by atoms with Gasteiger partial charge < -0.3 is 20.1 Å². The first-order valence-corrected chi connectivity index (χ1v) is 10.1. The molecule has 0 saturated carbocycles. The number of benzene rings is 2. The third kappa shape index (κ3) is 5.76. The summed E-state index contributed by atoms with van der Waals surface area (Å²) in [4.78, 5) is 4.68. The van der Waals surface area contributed by atoms with Crippen molar-refractivity contribution in [2.75, 3.05) is 27.3 Å². The summed E-state index contributed by atoms with van der Waals surface area (Å²) in [6.45, 7) is 4.15. The Hall–Kier alpha value is -3.48. The van der Waals surface area contributed by atoms with E-state index in [0.717, 1.165) is 36.7 Å². The number of methoxy groups -OCH3 is 2. The summed E-state index contributed by atoms with van der Waals surface area (Å²) in [7, 11) is 3.27. The first-order valence-electron chi connectivity index (χ1n) is 10.1. The van der Waals surface area contributed by atoms with E-state index in [4.69, 9.17) is 9.47 Å². The quantitative estimate of drug-likeness (QED) is 0.421. The zero-order valence-electron chi connectivity index (χ0n) is 17.8. The van der Waals surface area contributed by atoms with Crippen LogP contribution in [0.4, 0.5) is 0 Å². The molecule has 2 aromatic carbocycles. The molecule has 7 heteroatoms. The van der Waals surface area contributed by atoms with E-state index >= 15 is 0 Å². The normalized spacial score (nSPS) is 11.2. The number of aromatic nitrogens is 2. The molecule has 0 bridgehead atoms. The van der Waals surface area contributed by atoms with Gasteiger partial charge in [0.05, 0.1) is 32.6 Å². The van der Waals surface area contributed by atoms with Crippen molar-refractivity contribution in [1.82, 2.24) is 20.4 Å². The van der Waals surface area contributed by atoms with Gasteiger partial charge in [0.1, 0.15) is 0 Å². The number of nitrogens with one attached hydrogen (secondary N) is 2. The van der Waals surface area contributed by atoms with Crippen molar-refractivity contribution >= 4 is 5.96 Å². The van der Waals surface area contributed by atoms with Crippen molar-refractivity contribution in [2.24, 2.45) is 4.99 Å². The molecule has 3 rings (SSSR count). The highest BCUT2D eigenvalue weighted by Crippen LogP contribution is 2.27. The summed E-state index contributed by atoms with van der Waals surface area (Å²) in [6.07, 6.45) is 4.82. The highest BCUT2D eigenvalue weighted by atomic mass is 16.5. The van der Waals surface area contributed by atoms with E-state index in [1.165, 1.54) is 5.56 Å². The number of para-hydroxylation sites is 1. The molecule has 2 N–H and O–H groups in total. The van der Waals surface area contributed by atoms with Crippen molar-refractivity contribution in [1.29, 1.82) is 0 Å². The molecular formula is C23H29N5O2. The maximum absolute atomic E-state index is 5.37. The number of hydrogen-bond donors (Lipinski definition) is 2. The molecule has 0 unspecified atom stereocenters. The fraction of sp³-hybridized carbons (Fsp3) is 0.304. The monoisotopic (exact) mass is 407 g/mol. The molecule has 0 saturated heterocycles. The molecule has 1 aromatic heterocycles. The third-order valence-electron chi connectivity index (χ3n) is 4.57. The van der Waals surface area contributed by atoms with Crippen LogP contribution in [0, 0.1) is 0 Å². The first-order chi connectivity index (χ1) is 14.7. The Balaban J connectivity index is 1.56. The van der Waals surface area contributed by atoms with E-state index in [1.54, 1.807) is 14.2 Å². The van der Waals surface area contributed by atoms with Gasteiger partial charge in [-0.25, -0.2) is 9.67 Å². The highest BCUT2D eigenvalue weighted by Gasteiger charge is 2.05. The molecule has 0 aliphatic carbocycles. The van der Waals surface area contributed by atoms with Gasteiger partial charge in [0, 0.05) is 19.3 Å². The van der Waals surface area contributed by atoms with Gasteiger partial charge >= 0.3 is 0 Å². The molecule has 0 radical (unpaired) electrons. The Bertz CT molecular complexity index is 953. The highest BCUT2D eigenvalue weighted by molar-refractivity contribution is 5.79. The summed E-state index contributed by atoms with van der Waals surface area (Å²) >= 11 is 0. The summed E-state index contributed by atoms with van der Waals surface area (Å²) in [6, 6.07) is 15.9. The number of guanidine groups is 1. The Kier molecular flexibility index (Phi) is 7.71. The lowest BCUT2D eigenvalue weighted by atomic mass is 10.2. The average molecular weight is 408 g/mol. The molecule has 0 atom stereocenters. The smallest absolute Gasteiger partial charge is 0.191 e. The van der Waals surface area contributed by atoms with Crippen molar-refractivity contribution in [2.45, 2.75) is 19.9 Å². The number of ether oxygens (including phenoxy) is 2. The van der Waals surface area contributed by atoms with E-state index < -0.39 is 0 Å². The van der Waals surface area contributed by atoms with Gasteiger partial charge in [0.25, 0.3) is 0 Å². The second-order valence-corrected chi connectivity index (χ2v) is 6.69. The second kappa shape index (κ2) is 10.9. The number of rotatable bonds is 9. The lowest BCUT2D eigenvalue weighted by Gasteiger charge is -2.12. The van der Waals surface area contributed by atoms with E-state index in [-0.39, 0.29) is 0 Å². The topological polar surface area (TPSA) is 72.7 Å². The molecule has 7 nitrogen and oxygen atoms in total. The molecule has 30 heavy (non-hydrogen) atoms. The molecule has 0 aliphatic rings. The van der Waals surface area contributed by atoms with E-state index in [1.807, 2.05) is 59.4 Å². The molecule has 158 valence electrons. The van der Waals surface area contributed by atoms with Crippen LogP contribution in [0.1, 0.15) is 18.1 Å². The summed E-state index contributed by atoms with van der Waals surface area (Å²) < 4.78 is 12.5. The second-order valence-electron chi connectivity index (χ2n) is 6.69. The average Bonchev–Trinajstić information content (AvgIpc) is 3.26. The standard InChI is InChI=1S/C23H29N5O2/c1-4-24-23(26-15-18-10-11-21(29-2)22(14-18)30-3)25-13-12-19-16-27-28(17-19)20-8-6-5-7-9-20/h5-11,14,16-17H,4,12-13,15H2,1-3H3,(H2,24,25,26). The predicted molar refractivity (Wildman–Crippen MR) is 120 cm³/mol. The Labute approximate surface area is 177 Å². The van der Waals surface area contributed by atoms with Gasteiger partial charge in [-0.2, -0.15) is 5.10 Å². The molecule has 0 fully saturated rings. The van der Waals surface area contributed by atoms with Gasteiger partial charge in [0.15, 0.2) is 17.5 Å². The van der Waals surface area contributed by atoms with Crippen LogP contribution in [0.25, 0.3) is 5.69 Å². The molecular weight excluding hydrogens is 378 g/mol. The largest absolute Gasteiger partial charge is 0.493 e. The van der Waals surface area contributed by atoms with E-state index in [2.05, 4.69) is 33.8 Å². The van der Waals surface area contributed by atoms with E-state index in [0.29, 0.717) is 18.0 Å². The van der Waals surface area contributed by atoms with Crippen LogP contribution in [0.15, 0.2) is 65.9 Å². The number of aliphatic imine (C=N–C) groups is 1. The van der Waals surface area contributed by atoms with Crippen LogP contribution in [0.2, 0.25) is 0 Å². The minimum atomic E-state index is 0.543. The zero-order chi connectivity index (χ0) is 21.2. The predicted octanol–water partition coefficient (Wildman–Crippen LogP) is 3.19. The lowest BCUT2D eigenvalue weighted by molar-refractivity contribution is 0.354. The minimum Gasteiger partial charge on any atom is -0.493 e. The number of hydrogen-bond acceptors (Lipinski definition) is 4. The van der Waals surface area contributed by atoms with Gasteiger partial charge in [0.2, 0.25) is 0 Å². The van der Waals surface area contributed by atoms with Crippen molar-refractivity contribution in [3.05, 3.63) is 72.1 Å². The third-order valence-corrected chi connectivity index (χ3v) is 4.57. The molecule has 0 amide bonds. The molecule has 0 aliphatic heterocycles.